The maximum absolute atomic E-state index is 12.4. The molecule has 1 N–H and O–H groups in total. The highest BCUT2D eigenvalue weighted by Crippen LogP contribution is 2.39. The topological polar surface area (TPSA) is 76.1 Å². The molecule has 0 bridgehead atoms. The van der Waals surface area contributed by atoms with Crippen LogP contribution in [0.4, 0.5) is 4.79 Å². The lowest BCUT2D eigenvalue weighted by Crippen LogP contribution is -2.59. The largest absolute Gasteiger partial charge is 0.480 e. The Hall–Kier alpha value is -1.08. The number of carboxylic acid groups (broad SMARTS) is 1. The number of rotatable bonds is 3. The quantitative estimate of drug-likeness (QED) is 0.774. The van der Waals surface area contributed by atoms with Gasteiger partial charge in [-0.1, -0.05) is 20.8 Å². The van der Waals surface area contributed by atoms with Crippen molar-refractivity contribution in [1.82, 2.24) is 4.90 Å². The van der Waals surface area contributed by atoms with Crippen molar-refractivity contribution in [3.05, 3.63) is 0 Å². The van der Waals surface area contributed by atoms with Crippen LogP contribution in [0.2, 0.25) is 18.1 Å². The Morgan fingerprint density at radius 1 is 1.12 bits per heavy atom. The van der Waals surface area contributed by atoms with Crippen LogP contribution in [0, 0.1) is 0 Å². The second kappa shape index (κ2) is 7.04. The lowest BCUT2D eigenvalue weighted by Gasteiger charge is -2.45. The molecule has 24 heavy (non-hydrogen) atoms. The second-order valence-corrected chi connectivity index (χ2v) is 13.8. The minimum Gasteiger partial charge on any atom is -0.480 e. The van der Waals surface area contributed by atoms with E-state index in [1.54, 1.807) is 20.8 Å². The monoisotopic (exact) mass is 359 g/mol. The van der Waals surface area contributed by atoms with Gasteiger partial charge in [0.2, 0.25) is 0 Å². The molecule has 1 heterocycles. The predicted molar refractivity (Wildman–Crippen MR) is 95.7 cm³/mol. The van der Waals surface area contributed by atoms with E-state index in [4.69, 9.17) is 9.16 Å². The summed E-state index contributed by atoms with van der Waals surface area (Å²) in [6.07, 6.45) is 0.272. The van der Waals surface area contributed by atoms with Gasteiger partial charge in [-0.3, -0.25) is 4.90 Å². The van der Waals surface area contributed by atoms with E-state index in [0.717, 1.165) is 0 Å². The molecule has 1 aliphatic rings. The third-order valence-electron chi connectivity index (χ3n) is 4.71. The van der Waals surface area contributed by atoms with Crippen molar-refractivity contribution in [3.8, 4) is 0 Å². The summed E-state index contributed by atoms with van der Waals surface area (Å²) in [6.45, 7) is 16.2. The van der Waals surface area contributed by atoms with Gasteiger partial charge in [-0.25, -0.2) is 9.59 Å². The van der Waals surface area contributed by atoms with E-state index >= 15 is 0 Å². The third-order valence-corrected chi connectivity index (χ3v) is 9.21. The molecule has 2 unspecified atom stereocenters. The summed E-state index contributed by atoms with van der Waals surface area (Å²) in [5, 5.41) is 9.69. The minimum absolute atomic E-state index is 0.0236. The average molecular weight is 360 g/mol. The Kier molecular flexibility index (Phi) is 6.14. The van der Waals surface area contributed by atoms with Crippen molar-refractivity contribution >= 4 is 20.4 Å². The zero-order valence-corrected chi connectivity index (χ0v) is 17.3. The first-order valence-electron chi connectivity index (χ1n) is 8.56. The summed E-state index contributed by atoms with van der Waals surface area (Å²) in [5.41, 5.74) is -0.659. The van der Waals surface area contributed by atoms with Gasteiger partial charge >= 0.3 is 12.1 Å². The maximum atomic E-state index is 12.4. The molecule has 7 heteroatoms. The first-order valence-corrected chi connectivity index (χ1v) is 11.5. The van der Waals surface area contributed by atoms with Gasteiger partial charge in [0.05, 0.1) is 6.10 Å². The smallest absolute Gasteiger partial charge is 0.411 e. The predicted octanol–water partition coefficient (Wildman–Crippen LogP) is 3.86. The summed E-state index contributed by atoms with van der Waals surface area (Å²) in [5.74, 6) is -1.04. The summed E-state index contributed by atoms with van der Waals surface area (Å²) < 4.78 is 11.7. The summed E-state index contributed by atoms with van der Waals surface area (Å²) in [4.78, 5) is 25.6. The van der Waals surface area contributed by atoms with Crippen molar-refractivity contribution in [2.24, 2.45) is 0 Å². The van der Waals surface area contributed by atoms with Gasteiger partial charge in [0.15, 0.2) is 14.4 Å². The molecule has 2 atom stereocenters. The first kappa shape index (κ1) is 21.0. The molecule has 6 nitrogen and oxygen atoms in total. The molecule has 0 spiro atoms. The molecule has 0 radical (unpaired) electrons. The van der Waals surface area contributed by atoms with E-state index in [9.17, 15) is 14.7 Å². The highest BCUT2D eigenvalue weighted by molar-refractivity contribution is 6.74. The van der Waals surface area contributed by atoms with Crippen LogP contribution >= 0.6 is 0 Å². The molecule has 0 aliphatic carbocycles. The fourth-order valence-electron chi connectivity index (χ4n) is 2.46. The third kappa shape index (κ3) is 5.21. The minimum atomic E-state index is -2.13. The van der Waals surface area contributed by atoms with Crippen LogP contribution < -0.4 is 0 Å². The number of aliphatic carboxylic acids is 1. The SMILES string of the molecule is CC(C)(C)OC(=O)N1CCCC(O[Si](C)(C)C(C)(C)C)C1C(=O)O. The molecule has 0 aromatic rings. The lowest BCUT2D eigenvalue weighted by molar-refractivity contribution is -0.149. The van der Waals surface area contributed by atoms with Gasteiger partial charge < -0.3 is 14.3 Å². The molecular weight excluding hydrogens is 326 g/mol. The molecular formula is C17H33NO5Si. The van der Waals surface area contributed by atoms with E-state index in [1.807, 2.05) is 0 Å². The number of ether oxygens (including phenoxy) is 1. The fraction of sp³-hybridized carbons (Fsp3) is 0.882. The zero-order chi connectivity index (χ0) is 18.9. The Morgan fingerprint density at radius 2 is 1.67 bits per heavy atom. The number of carboxylic acids is 1. The number of hydrogen-bond donors (Lipinski definition) is 1. The van der Waals surface area contributed by atoms with E-state index in [1.165, 1.54) is 4.90 Å². The van der Waals surface area contributed by atoms with Gasteiger partial charge in [0, 0.05) is 6.54 Å². The van der Waals surface area contributed by atoms with Crippen molar-refractivity contribution in [3.63, 3.8) is 0 Å². The number of hydrogen-bond acceptors (Lipinski definition) is 4. The summed E-state index contributed by atoms with van der Waals surface area (Å²) in [6, 6.07) is -0.997. The van der Waals surface area contributed by atoms with Crippen LogP contribution in [0.1, 0.15) is 54.4 Å². The molecule has 0 aromatic carbocycles. The van der Waals surface area contributed by atoms with Gasteiger partial charge in [-0.2, -0.15) is 0 Å². The molecule has 1 aliphatic heterocycles. The van der Waals surface area contributed by atoms with Crippen LogP contribution in [-0.4, -0.2) is 54.7 Å². The molecule has 1 fully saturated rings. The average Bonchev–Trinajstić information content (AvgIpc) is 2.34. The lowest BCUT2D eigenvalue weighted by atomic mass is 9.99. The Bertz CT molecular complexity index is 478. The number of piperidine rings is 1. The normalized spacial score (nSPS) is 23.1. The van der Waals surface area contributed by atoms with Crippen molar-refractivity contribution in [2.45, 2.75) is 90.3 Å². The molecule has 1 rings (SSSR count). The molecule has 1 saturated heterocycles. The zero-order valence-electron chi connectivity index (χ0n) is 16.3. The van der Waals surface area contributed by atoms with E-state index in [0.29, 0.717) is 19.4 Å². The number of carbonyl (C=O) groups excluding carboxylic acids is 1. The highest BCUT2D eigenvalue weighted by Gasteiger charge is 2.47. The first-order chi connectivity index (χ1) is 10.7. The van der Waals surface area contributed by atoms with E-state index in [2.05, 4.69) is 33.9 Å². The second-order valence-electron chi connectivity index (χ2n) is 9.02. The van der Waals surface area contributed by atoms with Crippen molar-refractivity contribution < 1.29 is 23.9 Å². The van der Waals surface area contributed by atoms with Crippen LogP contribution in [0.3, 0.4) is 0 Å². The Labute approximate surface area is 146 Å². The van der Waals surface area contributed by atoms with Crippen LogP contribution in [0.25, 0.3) is 0 Å². The van der Waals surface area contributed by atoms with Crippen LogP contribution in [0.5, 0.6) is 0 Å². The molecule has 1 amide bonds. The standard InChI is InChI=1S/C17H33NO5Si/c1-16(2,3)22-15(21)18-11-9-10-12(13(18)14(19)20)23-24(7,8)17(4,5)6/h12-13H,9-11H2,1-8H3,(H,19,20). The fourth-order valence-corrected chi connectivity index (χ4v) is 3.81. The van der Waals surface area contributed by atoms with Crippen LogP contribution in [-0.2, 0) is 14.0 Å². The van der Waals surface area contributed by atoms with Gasteiger partial charge in [0.25, 0.3) is 0 Å². The van der Waals surface area contributed by atoms with Gasteiger partial charge in [-0.15, -0.1) is 0 Å². The highest BCUT2D eigenvalue weighted by atomic mass is 28.4. The Balaban J connectivity index is 3.02. The number of likely N-dealkylation sites (tertiary alicyclic amines) is 1. The summed E-state index contributed by atoms with van der Waals surface area (Å²) >= 11 is 0. The van der Waals surface area contributed by atoms with E-state index < -0.39 is 38.1 Å². The molecule has 0 aromatic heterocycles. The van der Waals surface area contributed by atoms with Gasteiger partial charge in [0.1, 0.15) is 5.60 Å². The van der Waals surface area contributed by atoms with Gasteiger partial charge in [-0.05, 0) is 51.7 Å². The van der Waals surface area contributed by atoms with Crippen molar-refractivity contribution in [1.29, 1.82) is 0 Å². The number of nitrogens with zero attached hydrogens (tertiary/aromatic N) is 1. The number of amides is 1. The Morgan fingerprint density at radius 3 is 2.08 bits per heavy atom. The molecule has 140 valence electrons. The number of carbonyl (C=O) groups is 2. The molecule has 0 saturated carbocycles. The maximum Gasteiger partial charge on any atom is 0.411 e. The van der Waals surface area contributed by atoms with E-state index in [-0.39, 0.29) is 5.04 Å². The van der Waals surface area contributed by atoms with Crippen molar-refractivity contribution in [2.75, 3.05) is 6.54 Å². The summed E-state index contributed by atoms with van der Waals surface area (Å²) in [7, 11) is -2.13. The van der Waals surface area contributed by atoms with Crippen LogP contribution in [0.15, 0.2) is 0 Å².